The summed E-state index contributed by atoms with van der Waals surface area (Å²) in [7, 11) is 0. The molecule has 0 aliphatic carbocycles. The first kappa shape index (κ1) is 29.9. The van der Waals surface area contributed by atoms with Crippen molar-refractivity contribution in [1.82, 2.24) is 0 Å². The molecule has 0 heterocycles. The highest BCUT2D eigenvalue weighted by atomic mass is 16.6. The van der Waals surface area contributed by atoms with E-state index in [9.17, 15) is 29.4 Å². The van der Waals surface area contributed by atoms with Crippen molar-refractivity contribution < 1.29 is 38.9 Å². The Bertz CT molecular complexity index is 985. The predicted molar refractivity (Wildman–Crippen MR) is 137 cm³/mol. The maximum atomic E-state index is 11.6. The van der Waals surface area contributed by atoms with Crippen LogP contribution in [0.4, 0.5) is 0 Å². The molecule has 2 unspecified atom stereocenters. The van der Waals surface area contributed by atoms with Gasteiger partial charge in [0.1, 0.15) is 11.5 Å². The number of ketones is 4. The number of benzene rings is 2. The number of hydrogen-bond acceptors (Lipinski definition) is 8. The quantitative estimate of drug-likeness (QED) is 0.255. The molecule has 0 fully saturated rings. The number of rotatable bonds is 16. The minimum Gasteiger partial charge on any atom is -0.465 e. The van der Waals surface area contributed by atoms with E-state index in [1.165, 1.54) is 0 Å². The molecule has 0 aromatic heterocycles. The van der Waals surface area contributed by atoms with Gasteiger partial charge in [-0.25, -0.2) is 0 Å². The Morgan fingerprint density at radius 2 is 0.973 bits per heavy atom. The van der Waals surface area contributed by atoms with E-state index in [0.717, 1.165) is 11.1 Å². The van der Waals surface area contributed by atoms with Crippen molar-refractivity contribution in [2.45, 2.75) is 84.2 Å². The van der Waals surface area contributed by atoms with E-state index in [-0.39, 0.29) is 43.9 Å². The molecule has 0 saturated carbocycles. The second kappa shape index (κ2) is 13.8. The Labute approximate surface area is 217 Å². The zero-order valence-corrected chi connectivity index (χ0v) is 21.9. The number of ether oxygens (including phenoxy) is 2. The van der Waals surface area contributed by atoms with E-state index in [4.69, 9.17) is 9.47 Å². The van der Waals surface area contributed by atoms with Crippen LogP contribution >= 0.6 is 0 Å². The SMILES string of the molecule is CCC(=O)C(=O)CCC(O)Oc1ccc(C(C)(C)c2ccc(OC(O)CCC(=O)C(=O)CC)cc2)cc1. The Morgan fingerprint density at radius 3 is 1.27 bits per heavy atom. The van der Waals surface area contributed by atoms with Crippen LogP contribution in [0.2, 0.25) is 0 Å². The van der Waals surface area contributed by atoms with Gasteiger partial charge in [0, 0.05) is 43.9 Å². The smallest absolute Gasteiger partial charge is 0.198 e. The lowest BCUT2D eigenvalue weighted by molar-refractivity contribution is -0.137. The van der Waals surface area contributed by atoms with Gasteiger partial charge >= 0.3 is 0 Å². The van der Waals surface area contributed by atoms with Gasteiger partial charge in [-0.2, -0.15) is 0 Å². The summed E-state index contributed by atoms with van der Waals surface area (Å²) in [5, 5.41) is 20.1. The third kappa shape index (κ3) is 8.91. The van der Waals surface area contributed by atoms with Crippen LogP contribution in [0.15, 0.2) is 48.5 Å². The van der Waals surface area contributed by atoms with Crippen molar-refractivity contribution in [2.75, 3.05) is 0 Å². The molecule has 37 heavy (non-hydrogen) atoms. The molecule has 0 saturated heterocycles. The normalized spacial score (nSPS) is 12.9. The minimum absolute atomic E-state index is 0.0358. The Morgan fingerprint density at radius 1 is 0.649 bits per heavy atom. The molecule has 200 valence electrons. The number of aliphatic hydroxyl groups is 2. The fourth-order valence-electron chi connectivity index (χ4n) is 3.68. The van der Waals surface area contributed by atoms with Crippen molar-refractivity contribution >= 4 is 23.1 Å². The predicted octanol–water partition coefficient (Wildman–Crippen LogP) is 4.06. The molecule has 8 nitrogen and oxygen atoms in total. The van der Waals surface area contributed by atoms with Gasteiger partial charge in [-0.1, -0.05) is 52.0 Å². The molecular formula is C29H36O8. The van der Waals surface area contributed by atoms with Gasteiger partial charge < -0.3 is 19.7 Å². The summed E-state index contributed by atoms with van der Waals surface area (Å²) < 4.78 is 10.9. The topological polar surface area (TPSA) is 127 Å². The van der Waals surface area contributed by atoms with Gasteiger partial charge in [0.15, 0.2) is 35.7 Å². The molecule has 0 aliphatic heterocycles. The fraction of sp³-hybridized carbons (Fsp3) is 0.448. The molecule has 0 spiro atoms. The molecule has 0 aliphatic rings. The summed E-state index contributed by atoms with van der Waals surface area (Å²) in [5.74, 6) is -1.04. The molecule has 0 radical (unpaired) electrons. The van der Waals surface area contributed by atoms with Crippen LogP contribution in [0, 0.1) is 0 Å². The Kier molecular flexibility index (Phi) is 11.1. The van der Waals surface area contributed by atoms with Gasteiger partial charge in [-0.3, -0.25) is 19.2 Å². The third-order valence-electron chi connectivity index (χ3n) is 6.20. The lowest BCUT2D eigenvalue weighted by Crippen LogP contribution is -2.21. The van der Waals surface area contributed by atoms with Crippen LogP contribution in [0.25, 0.3) is 0 Å². The standard InChI is InChI=1S/C29H36O8/c1-5-23(30)25(32)15-17-27(34)36-21-11-7-19(8-12-21)29(3,4)20-9-13-22(14-10-20)37-28(35)18-16-26(33)24(31)6-2/h7-14,27-28,34-35H,5-6,15-18H2,1-4H3. The van der Waals surface area contributed by atoms with Crippen LogP contribution in [0.5, 0.6) is 11.5 Å². The highest BCUT2D eigenvalue weighted by molar-refractivity contribution is 6.37. The largest absolute Gasteiger partial charge is 0.465 e. The molecule has 0 amide bonds. The van der Waals surface area contributed by atoms with Crippen molar-refractivity contribution in [3.05, 3.63) is 59.7 Å². The first-order valence-corrected chi connectivity index (χ1v) is 12.5. The average molecular weight is 513 g/mol. The van der Waals surface area contributed by atoms with Gasteiger partial charge in [0.05, 0.1) is 0 Å². The zero-order valence-electron chi connectivity index (χ0n) is 21.9. The van der Waals surface area contributed by atoms with Crippen LogP contribution in [0.1, 0.15) is 77.3 Å². The summed E-state index contributed by atoms with van der Waals surface area (Å²) in [6.07, 6.45) is -2.15. The van der Waals surface area contributed by atoms with E-state index < -0.39 is 35.7 Å². The Balaban J connectivity index is 1.94. The van der Waals surface area contributed by atoms with E-state index >= 15 is 0 Å². The highest BCUT2D eigenvalue weighted by Crippen LogP contribution is 2.33. The molecule has 8 heteroatoms. The number of aliphatic hydroxyl groups excluding tert-OH is 2. The lowest BCUT2D eigenvalue weighted by Gasteiger charge is -2.27. The van der Waals surface area contributed by atoms with Gasteiger partial charge in [0.2, 0.25) is 0 Å². The van der Waals surface area contributed by atoms with Gasteiger partial charge in [-0.05, 0) is 35.4 Å². The van der Waals surface area contributed by atoms with Crippen molar-refractivity contribution in [2.24, 2.45) is 0 Å². The van der Waals surface area contributed by atoms with E-state index in [2.05, 4.69) is 13.8 Å². The van der Waals surface area contributed by atoms with Gasteiger partial charge in [0.25, 0.3) is 0 Å². The van der Waals surface area contributed by atoms with E-state index in [1.54, 1.807) is 38.1 Å². The number of carbonyl (C=O) groups is 4. The maximum Gasteiger partial charge on any atom is 0.198 e. The molecule has 2 rings (SSSR count). The molecule has 0 bridgehead atoms. The summed E-state index contributed by atoms with van der Waals surface area (Å²) in [5.41, 5.74) is 1.60. The molecule has 2 atom stereocenters. The van der Waals surface area contributed by atoms with Crippen molar-refractivity contribution in [1.29, 1.82) is 0 Å². The van der Waals surface area contributed by atoms with Gasteiger partial charge in [-0.15, -0.1) is 0 Å². The minimum atomic E-state index is -1.19. The first-order chi connectivity index (χ1) is 17.5. The summed E-state index contributed by atoms with van der Waals surface area (Å²) in [6.45, 7) is 7.34. The Hall–Kier alpha value is -3.36. The van der Waals surface area contributed by atoms with E-state index in [0.29, 0.717) is 11.5 Å². The molecular weight excluding hydrogens is 476 g/mol. The summed E-state index contributed by atoms with van der Waals surface area (Å²) >= 11 is 0. The van der Waals surface area contributed by atoms with E-state index in [1.807, 2.05) is 24.3 Å². The average Bonchev–Trinajstić information content (AvgIpc) is 2.89. The highest BCUT2D eigenvalue weighted by Gasteiger charge is 2.24. The van der Waals surface area contributed by atoms with Crippen LogP contribution < -0.4 is 9.47 Å². The number of hydrogen-bond donors (Lipinski definition) is 2. The third-order valence-corrected chi connectivity index (χ3v) is 6.20. The van der Waals surface area contributed by atoms with Crippen LogP contribution in [-0.4, -0.2) is 45.9 Å². The lowest BCUT2D eigenvalue weighted by atomic mass is 9.78. The monoisotopic (exact) mass is 512 g/mol. The second-order valence-electron chi connectivity index (χ2n) is 9.30. The molecule has 2 aromatic carbocycles. The zero-order chi connectivity index (χ0) is 27.6. The van der Waals surface area contributed by atoms with Crippen molar-refractivity contribution in [3.8, 4) is 11.5 Å². The van der Waals surface area contributed by atoms with Crippen LogP contribution in [0.3, 0.4) is 0 Å². The van der Waals surface area contributed by atoms with Crippen LogP contribution in [-0.2, 0) is 24.6 Å². The number of Topliss-reactive ketones (excluding diaryl/α,β-unsaturated/α-hetero) is 4. The maximum absolute atomic E-state index is 11.6. The fourth-order valence-corrected chi connectivity index (χ4v) is 3.68. The first-order valence-electron chi connectivity index (χ1n) is 12.5. The number of carbonyl (C=O) groups excluding carboxylic acids is 4. The summed E-state index contributed by atoms with van der Waals surface area (Å²) in [4.78, 5) is 46.0. The molecule has 2 aromatic rings. The molecule has 2 N–H and O–H groups in total. The summed E-state index contributed by atoms with van der Waals surface area (Å²) in [6, 6.07) is 14.5. The van der Waals surface area contributed by atoms with Crippen molar-refractivity contribution in [3.63, 3.8) is 0 Å². The second-order valence-corrected chi connectivity index (χ2v) is 9.30.